The van der Waals surface area contributed by atoms with Crippen molar-refractivity contribution in [3.63, 3.8) is 0 Å². The highest BCUT2D eigenvalue weighted by atomic mass is 127. The SMILES string of the molecule is CCc1ccc(CCNC(=NC)N2CCN(S(=O)(=O)Cc3ccon3)CC2)cc1.I. The number of aromatic nitrogens is 1. The highest BCUT2D eigenvalue weighted by Gasteiger charge is 2.28. The van der Waals surface area contributed by atoms with Gasteiger partial charge in [-0.05, 0) is 24.0 Å². The van der Waals surface area contributed by atoms with Crippen LogP contribution in [0, 0.1) is 0 Å². The van der Waals surface area contributed by atoms with E-state index in [4.69, 9.17) is 4.52 Å². The second-order valence-electron chi connectivity index (χ2n) is 7.03. The zero-order valence-corrected chi connectivity index (χ0v) is 20.6. The Morgan fingerprint density at radius 2 is 1.80 bits per heavy atom. The summed E-state index contributed by atoms with van der Waals surface area (Å²) in [5.41, 5.74) is 3.06. The molecule has 1 aliphatic rings. The zero-order chi connectivity index (χ0) is 20.7. The van der Waals surface area contributed by atoms with Gasteiger partial charge in [0.25, 0.3) is 0 Å². The topological polar surface area (TPSA) is 91.0 Å². The second kappa shape index (κ2) is 11.7. The lowest BCUT2D eigenvalue weighted by Gasteiger charge is -2.35. The molecule has 0 radical (unpaired) electrons. The number of nitrogens with zero attached hydrogens (tertiary/aromatic N) is 4. The maximum absolute atomic E-state index is 12.6. The van der Waals surface area contributed by atoms with Gasteiger partial charge in [-0.15, -0.1) is 24.0 Å². The van der Waals surface area contributed by atoms with Crippen molar-refractivity contribution in [2.75, 3.05) is 39.8 Å². The molecule has 1 saturated heterocycles. The molecule has 0 saturated carbocycles. The van der Waals surface area contributed by atoms with Gasteiger partial charge >= 0.3 is 0 Å². The first-order valence-corrected chi connectivity index (χ1v) is 11.5. The van der Waals surface area contributed by atoms with Crippen molar-refractivity contribution >= 4 is 40.0 Å². The largest absolute Gasteiger partial charge is 0.364 e. The Morgan fingerprint density at radius 3 is 2.37 bits per heavy atom. The molecule has 1 aliphatic heterocycles. The molecule has 1 N–H and O–H groups in total. The predicted molar refractivity (Wildman–Crippen MR) is 129 cm³/mol. The Labute approximate surface area is 195 Å². The van der Waals surface area contributed by atoms with Gasteiger partial charge in [-0.3, -0.25) is 4.99 Å². The number of halogens is 1. The van der Waals surface area contributed by atoms with Crippen molar-refractivity contribution in [3.05, 3.63) is 53.4 Å². The van der Waals surface area contributed by atoms with E-state index in [1.807, 2.05) is 0 Å². The fraction of sp³-hybridized carbons (Fsp3) is 0.500. The van der Waals surface area contributed by atoms with E-state index < -0.39 is 10.0 Å². The first-order chi connectivity index (χ1) is 14.0. The van der Waals surface area contributed by atoms with Crippen LogP contribution in [0.1, 0.15) is 23.7 Å². The number of hydrogen-bond acceptors (Lipinski definition) is 5. The van der Waals surface area contributed by atoms with Gasteiger partial charge in [0.05, 0.1) is 5.69 Å². The molecule has 2 aromatic rings. The quantitative estimate of drug-likeness (QED) is 0.325. The molecule has 0 aliphatic carbocycles. The summed E-state index contributed by atoms with van der Waals surface area (Å²) in [5, 5.41) is 7.09. The number of guanidine groups is 1. The molecule has 0 spiro atoms. The average Bonchev–Trinajstić information content (AvgIpc) is 3.24. The summed E-state index contributed by atoms with van der Waals surface area (Å²) in [5.74, 6) is 0.677. The molecule has 166 valence electrons. The van der Waals surface area contributed by atoms with Crippen LogP contribution in [0.2, 0.25) is 0 Å². The van der Waals surface area contributed by atoms with Gasteiger partial charge in [0, 0.05) is 45.8 Å². The van der Waals surface area contributed by atoms with Crippen molar-refractivity contribution in [2.24, 2.45) is 4.99 Å². The van der Waals surface area contributed by atoms with Gasteiger partial charge in [0.1, 0.15) is 12.0 Å². The van der Waals surface area contributed by atoms with Gasteiger partial charge in [-0.25, -0.2) is 8.42 Å². The molecule has 3 rings (SSSR count). The number of sulfonamides is 1. The van der Waals surface area contributed by atoms with E-state index in [1.165, 1.54) is 21.7 Å². The van der Waals surface area contributed by atoms with Crippen LogP contribution in [0.15, 0.2) is 46.1 Å². The standard InChI is InChI=1S/C20H29N5O3S.HI/c1-3-17-4-6-18(7-5-17)8-10-22-20(21-2)24-11-13-25(14-12-24)29(26,27)16-19-9-15-28-23-19;/h4-7,9,15H,3,8,10-14,16H2,1-2H3,(H,21,22);1H. The lowest BCUT2D eigenvalue weighted by molar-refractivity contribution is 0.260. The summed E-state index contributed by atoms with van der Waals surface area (Å²) in [6, 6.07) is 10.3. The van der Waals surface area contributed by atoms with Crippen molar-refractivity contribution in [3.8, 4) is 0 Å². The summed E-state index contributed by atoms with van der Waals surface area (Å²) in [6.45, 7) is 4.99. The van der Waals surface area contributed by atoms with Crippen molar-refractivity contribution < 1.29 is 12.9 Å². The molecule has 0 atom stereocenters. The third kappa shape index (κ3) is 6.67. The molecule has 0 bridgehead atoms. The van der Waals surface area contributed by atoms with Crippen molar-refractivity contribution in [2.45, 2.75) is 25.5 Å². The molecule has 1 fully saturated rings. The average molecular weight is 547 g/mol. The third-order valence-electron chi connectivity index (χ3n) is 5.09. The van der Waals surface area contributed by atoms with Crippen molar-refractivity contribution in [1.82, 2.24) is 19.7 Å². The van der Waals surface area contributed by atoms with Crippen LogP contribution in [-0.2, 0) is 28.6 Å². The van der Waals surface area contributed by atoms with Crippen LogP contribution in [0.3, 0.4) is 0 Å². The predicted octanol–water partition coefficient (Wildman–Crippen LogP) is 2.12. The number of aryl methyl sites for hydroxylation is 1. The lowest BCUT2D eigenvalue weighted by Crippen LogP contribution is -2.54. The number of piperazine rings is 1. The normalized spacial score (nSPS) is 15.7. The number of hydrogen-bond donors (Lipinski definition) is 1. The summed E-state index contributed by atoms with van der Waals surface area (Å²) < 4.78 is 31.3. The number of nitrogens with one attached hydrogen (secondary N) is 1. The summed E-state index contributed by atoms with van der Waals surface area (Å²) >= 11 is 0. The molecular formula is C20H30IN5O3S. The molecule has 30 heavy (non-hydrogen) atoms. The third-order valence-corrected chi connectivity index (χ3v) is 6.91. The first-order valence-electron chi connectivity index (χ1n) is 9.92. The lowest BCUT2D eigenvalue weighted by atomic mass is 10.1. The minimum atomic E-state index is -3.40. The molecule has 1 aromatic carbocycles. The summed E-state index contributed by atoms with van der Waals surface area (Å²) in [4.78, 5) is 6.46. The van der Waals surface area contributed by atoms with E-state index in [0.717, 1.165) is 25.3 Å². The highest BCUT2D eigenvalue weighted by molar-refractivity contribution is 14.0. The Bertz CT molecular complexity index is 893. The molecule has 2 heterocycles. The Kier molecular flexibility index (Phi) is 9.56. The minimum absolute atomic E-state index is 0. The second-order valence-corrected chi connectivity index (χ2v) is 9.00. The van der Waals surface area contributed by atoms with Gasteiger partial charge in [0.15, 0.2) is 5.96 Å². The first kappa shape index (κ1) is 24.6. The zero-order valence-electron chi connectivity index (χ0n) is 17.5. The molecule has 8 nitrogen and oxygen atoms in total. The van der Waals surface area contributed by atoms with E-state index in [9.17, 15) is 8.42 Å². The molecule has 1 aromatic heterocycles. The van der Waals surface area contributed by atoms with Gasteiger partial charge in [-0.1, -0.05) is 36.3 Å². The van der Waals surface area contributed by atoms with E-state index in [-0.39, 0.29) is 29.7 Å². The van der Waals surface area contributed by atoms with Crippen molar-refractivity contribution in [1.29, 1.82) is 0 Å². The molecule has 0 unspecified atom stereocenters. The smallest absolute Gasteiger partial charge is 0.220 e. The van der Waals surface area contributed by atoms with Crippen LogP contribution < -0.4 is 5.32 Å². The maximum atomic E-state index is 12.6. The minimum Gasteiger partial charge on any atom is -0.364 e. The Hall–Kier alpha value is -1.66. The number of rotatable bonds is 7. The molecule has 0 amide bonds. The van der Waals surface area contributed by atoms with Crippen LogP contribution in [-0.4, -0.2) is 68.5 Å². The van der Waals surface area contributed by atoms with Crippen LogP contribution in [0.25, 0.3) is 0 Å². The molecule has 10 heteroatoms. The van der Waals surface area contributed by atoms with Crippen LogP contribution >= 0.6 is 24.0 Å². The Balaban J connectivity index is 0.00000320. The fourth-order valence-electron chi connectivity index (χ4n) is 3.36. The van der Waals surface area contributed by atoms with Gasteiger partial charge < -0.3 is 14.7 Å². The monoisotopic (exact) mass is 547 g/mol. The van der Waals surface area contributed by atoms with Crippen LogP contribution in [0.5, 0.6) is 0 Å². The van der Waals surface area contributed by atoms with Crippen LogP contribution in [0.4, 0.5) is 0 Å². The maximum Gasteiger partial charge on any atom is 0.220 e. The number of aliphatic imine (C=N–C) groups is 1. The fourth-order valence-corrected chi connectivity index (χ4v) is 4.79. The van der Waals surface area contributed by atoms with Gasteiger partial charge in [0.2, 0.25) is 10.0 Å². The molecular weight excluding hydrogens is 517 g/mol. The van der Waals surface area contributed by atoms with Gasteiger partial charge in [-0.2, -0.15) is 4.31 Å². The van der Waals surface area contributed by atoms with E-state index in [1.54, 1.807) is 13.1 Å². The summed E-state index contributed by atoms with van der Waals surface area (Å²) in [7, 11) is -1.64. The summed E-state index contributed by atoms with van der Waals surface area (Å²) in [6.07, 6.45) is 3.34. The highest BCUT2D eigenvalue weighted by Crippen LogP contribution is 2.13. The van der Waals surface area contributed by atoms with E-state index >= 15 is 0 Å². The number of benzene rings is 1. The van der Waals surface area contributed by atoms with E-state index in [0.29, 0.717) is 31.9 Å². The Morgan fingerprint density at radius 1 is 1.13 bits per heavy atom. The van der Waals surface area contributed by atoms with E-state index in [2.05, 4.69) is 51.6 Å².